The van der Waals surface area contributed by atoms with Crippen molar-refractivity contribution in [2.45, 2.75) is 67.2 Å². The molecule has 5 aromatic rings. The third-order valence-electron chi connectivity index (χ3n) is 9.10. The topological polar surface area (TPSA) is 151 Å². The summed E-state index contributed by atoms with van der Waals surface area (Å²) in [5, 5.41) is 21.7. The molecule has 0 aromatic heterocycles. The minimum Gasteiger partial charge on any atom is -0.478 e. The van der Waals surface area contributed by atoms with Gasteiger partial charge in [0.1, 0.15) is 6.04 Å². The molecular formula is C42H42N2O8S2. The van der Waals surface area contributed by atoms with E-state index in [4.69, 9.17) is 9.47 Å². The van der Waals surface area contributed by atoms with E-state index in [0.29, 0.717) is 12.2 Å². The number of aromatic carboxylic acids is 1. The Kier molecular flexibility index (Phi) is 13.0. The van der Waals surface area contributed by atoms with Gasteiger partial charge in [-0.1, -0.05) is 96.6 Å². The fourth-order valence-electron chi connectivity index (χ4n) is 6.02. The Balaban J connectivity index is 1.13. The van der Waals surface area contributed by atoms with Gasteiger partial charge in [0.15, 0.2) is 6.29 Å². The Bertz CT molecular complexity index is 2110. The number of carboxylic acid groups (broad SMARTS) is 1. The number of hydrogen-bond acceptors (Lipinski definition) is 8. The molecule has 4 atom stereocenters. The summed E-state index contributed by atoms with van der Waals surface area (Å²) < 4.78 is 42.1. The molecule has 1 aliphatic heterocycles. The van der Waals surface area contributed by atoms with E-state index in [0.717, 1.165) is 38.3 Å². The molecule has 1 heterocycles. The molecule has 0 radical (unpaired) electrons. The smallest absolute Gasteiger partial charge is 0.335 e. The highest BCUT2D eigenvalue weighted by atomic mass is 32.2. The number of aliphatic hydroxyl groups excluding tert-OH is 1. The van der Waals surface area contributed by atoms with Gasteiger partial charge < -0.3 is 25.0 Å². The van der Waals surface area contributed by atoms with Gasteiger partial charge in [0.25, 0.3) is 0 Å². The average molecular weight is 767 g/mol. The summed E-state index contributed by atoms with van der Waals surface area (Å²) in [6.45, 7) is 1.99. The van der Waals surface area contributed by atoms with Crippen LogP contribution in [0.1, 0.15) is 62.6 Å². The lowest BCUT2D eigenvalue weighted by Crippen LogP contribution is -2.47. The number of amides is 1. The number of carbonyl (C=O) groups is 2. The van der Waals surface area contributed by atoms with Crippen molar-refractivity contribution in [3.63, 3.8) is 0 Å². The number of ether oxygens (including phenoxy) is 2. The van der Waals surface area contributed by atoms with Crippen molar-refractivity contribution in [1.29, 1.82) is 0 Å². The first-order valence-electron chi connectivity index (χ1n) is 17.5. The zero-order valence-corrected chi connectivity index (χ0v) is 31.3. The highest BCUT2D eigenvalue weighted by Crippen LogP contribution is 2.39. The van der Waals surface area contributed by atoms with Gasteiger partial charge in [-0.15, -0.1) is 11.8 Å². The largest absolute Gasteiger partial charge is 0.478 e. The normalized spacial score (nSPS) is 17.8. The third-order valence-corrected chi connectivity index (χ3v) is 11.7. The van der Waals surface area contributed by atoms with Crippen molar-refractivity contribution in [2.75, 3.05) is 5.75 Å². The summed E-state index contributed by atoms with van der Waals surface area (Å²) in [5.41, 5.74) is 5.32. The molecule has 1 aliphatic rings. The van der Waals surface area contributed by atoms with Crippen molar-refractivity contribution < 1.29 is 37.7 Å². The summed E-state index contributed by atoms with van der Waals surface area (Å²) in [7, 11) is -3.97. The molecule has 1 saturated heterocycles. The van der Waals surface area contributed by atoms with Crippen LogP contribution in [0.5, 0.6) is 0 Å². The molecule has 5 aromatic carbocycles. The molecule has 0 saturated carbocycles. The predicted octanol–water partition coefficient (Wildman–Crippen LogP) is 6.73. The Morgan fingerprint density at radius 2 is 1.44 bits per heavy atom. The van der Waals surface area contributed by atoms with Crippen LogP contribution in [0.25, 0.3) is 0 Å². The second-order valence-corrected chi connectivity index (χ2v) is 15.9. The molecule has 1 unspecified atom stereocenters. The standard InChI is InChI=1S/C42H42N2O8S2/c1-28-7-21-37(22-8-28)54(49,50)44-38(23-29-5-3-2-4-6-29)40(46)43-25-30-9-15-34(16-10-30)42-51-35(27-53-36-19-17-33(18-20-36)41(47)48)24-39(52-42)32-13-11-31(26-45)12-14-32/h2-22,35,38-39,42,44-45H,23-27H2,1H3,(H,43,46)(H,47,48)/t35-,38+,39+,42?/m0/s1. The lowest BCUT2D eigenvalue weighted by atomic mass is 10.0. The zero-order chi connectivity index (χ0) is 38.1. The monoisotopic (exact) mass is 766 g/mol. The van der Waals surface area contributed by atoms with E-state index in [2.05, 4.69) is 10.0 Å². The zero-order valence-electron chi connectivity index (χ0n) is 29.6. The first kappa shape index (κ1) is 38.9. The van der Waals surface area contributed by atoms with E-state index in [-0.39, 0.29) is 42.2 Å². The van der Waals surface area contributed by atoms with Crippen LogP contribution >= 0.6 is 11.8 Å². The van der Waals surface area contributed by atoms with Crippen LogP contribution in [0.4, 0.5) is 0 Å². The summed E-state index contributed by atoms with van der Waals surface area (Å²) in [4.78, 5) is 25.8. The molecule has 280 valence electrons. The number of hydrogen-bond donors (Lipinski definition) is 4. The maximum atomic E-state index is 13.5. The van der Waals surface area contributed by atoms with Gasteiger partial charge in [-0.3, -0.25) is 4.79 Å². The summed E-state index contributed by atoms with van der Waals surface area (Å²) in [6, 6.07) is 36.6. The molecule has 1 fully saturated rings. The average Bonchev–Trinajstić information content (AvgIpc) is 3.19. The van der Waals surface area contributed by atoms with Crippen LogP contribution in [-0.4, -0.2) is 48.4 Å². The van der Waals surface area contributed by atoms with Crippen LogP contribution in [0.2, 0.25) is 0 Å². The predicted molar refractivity (Wildman–Crippen MR) is 206 cm³/mol. The Morgan fingerprint density at radius 1 is 0.796 bits per heavy atom. The van der Waals surface area contributed by atoms with Gasteiger partial charge in [-0.2, -0.15) is 4.72 Å². The lowest BCUT2D eigenvalue weighted by Gasteiger charge is -2.36. The number of benzene rings is 5. The van der Waals surface area contributed by atoms with Crippen molar-refractivity contribution >= 4 is 33.7 Å². The number of sulfonamides is 1. The lowest BCUT2D eigenvalue weighted by molar-refractivity contribution is -0.245. The third kappa shape index (κ3) is 10.4. The molecule has 0 bridgehead atoms. The summed E-state index contributed by atoms with van der Waals surface area (Å²) in [6.07, 6.45) is -0.391. The highest BCUT2D eigenvalue weighted by molar-refractivity contribution is 7.99. The van der Waals surface area contributed by atoms with E-state index in [9.17, 15) is 28.2 Å². The fraction of sp³-hybridized carbons (Fsp3) is 0.238. The first-order chi connectivity index (χ1) is 26.1. The van der Waals surface area contributed by atoms with Crippen molar-refractivity contribution in [1.82, 2.24) is 10.0 Å². The molecule has 10 nitrogen and oxygen atoms in total. The van der Waals surface area contributed by atoms with Gasteiger partial charge in [0, 0.05) is 29.2 Å². The number of nitrogens with one attached hydrogen (secondary N) is 2. The molecule has 0 spiro atoms. The minimum atomic E-state index is -3.97. The fourth-order valence-corrected chi connectivity index (χ4v) is 8.14. The van der Waals surface area contributed by atoms with Crippen molar-refractivity contribution in [3.05, 3.63) is 166 Å². The van der Waals surface area contributed by atoms with Gasteiger partial charge in [0.05, 0.1) is 29.3 Å². The van der Waals surface area contributed by atoms with Gasteiger partial charge >= 0.3 is 5.97 Å². The van der Waals surface area contributed by atoms with E-state index in [1.54, 1.807) is 48.2 Å². The molecule has 0 aliphatic carbocycles. The van der Waals surface area contributed by atoms with Crippen molar-refractivity contribution in [2.24, 2.45) is 0 Å². The highest BCUT2D eigenvalue weighted by Gasteiger charge is 2.32. The number of carboxylic acids is 1. The molecule has 1 amide bonds. The van der Waals surface area contributed by atoms with Crippen LogP contribution in [-0.2, 0) is 43.9 Å². The SMILES string of the molecule is Cc1ccc(S(=O)(=O)N[C@H](Cc2ccccc2)C(=O)NCc2ccc(C3O[C@H](CSc4ccc(C(=O)O)cc4)C[C@H](c4ccc(CO)cc4)O3)cc2)cc1. The number of aliphatic hydroxyl groups is 1. The number of thioether (sulfide) groups is 1. The van der Waals surface area contributed by atoms with E-state index in [1.807, 2.05) is 85.8 Å². The second-order valence-electron chi connectivity index (χ2n) is 13.1. The van der Waals surface area contributed by atoms with E-state index in [1.165, 1.54) is 12.1 Å². The summed E-state index contributed by atoms with van der Waals surface area (Å²) >= 11 is 1.58. The number of aryl methyl sites for hydroxylation is 1. The maximum Gasteiger partial charge on any atom is 0.335 e. The Morgan fingerprint density at radius 3 is 2.09 bits per heavy atom. The summed E-state index contributed by atoms with van der Waals surface area (Å²) in [5.74, 6) is -0.816. The van der Waals surface area contributed by atoms with Gasteiger partial charge in [-0.25, -0.2) is 13.2 Å². The van der Waals surface area contributed by atoms with Gasteiger partial charge in [-0.05, 0) is 72.0 Å². The Hall–Kier alpha value is -4.82. The van der Waals surface area contributed by atoms with Crippen molar-refractivity contribution in [3.8, 4) is 0 Å². The molecule has 4 N–H and O–H groups in total. The quantitative estimate of drug-likeness (QED) is 0.0851. The minimum absolute atomic E-state index is 0.0546. The molecular weight excluding hydrogens is 725 g/mol. The van der Waals surface area contributed by atoms with Crippen LogP contribution in [0.15, 0.2) is 137 Å². The van der Waals surface area contributed by atoms with E-state index >= 15 is 0 Å². The first-order valence-corrected chi connectivity index (χ1v) is 20.0. The Labute approximate surface area is 319 Å². The molecule has 12 heteroatoms. The molecule has 54 heavy (non-hydrogen) atoms. The second kappa shape index (κ2) is 18.0. The van der Waals surface area contributed by atoms with Crippen LogP contribution in [0, 0.1) is 6.92 Å². The van der Waals surface area contributed by atoms with Gasteiger partial charge in [0.2, 0.25) is 15.9 Å². The molecule has 6 rings (SSSR count). The van der Waals surface area contributed by atoms with Crippen LogP contribution < -0.4 is 10.0 Å². The van der Waals surface area contributed by atoms with Crippen LogP contribution in [0.3, 0.4) is 0 Å². The number of carbonyl (C=O) groups excluding carboxylic acids is 1. The van der Waals surface area contributed by atoms with E-state index < -0.39 is 34.2 Å². The maximum absolute atomic E-state index is 13.5. The number of rotatable bonds is 15.